The van der Waals surface area contributed by atoms with Gasteiger partial charge in [0.05, 0.1) is 24.8 Å². The van der Waals surface area contributed by atoms with Crippen molar-refractivity contribution >= 4 is 16.9 Å². The predicted octanol–water partition coefficient (Wildman–Crippen LogP) is 7.12. The van der Waals surface area contributed by atoms with Gasteiger partial charge in [0.15, 0.2) is 17.7 Å². The van der Waals surface area contributed by atoms with Crippen LogP contribution >= 0.6 is 0 Å². The van der Waals surface area contributed by atoms with Gasteiger partial charge in [-0.25, -0.2) is 13.6 Å². The molecule has 1 aliphatic carbocycles. The second-order valence-corrected chi connectivity index (χ2v) is 11.8. The van der Waals surface area contributed by atoms with Crippen molar-refractivity contribution in [3.05, 3.63) is 95.2 Å². The number of benzene rings is 3. The lowest BCUT2D eigenvalue weighted by Gasteiger charge is -2.53. The van der Waals surface area contributed by atoms with Crippen LogP contribution in [0, 0.1) is 11.6 Å². The lowest BCUT2D eigenvalue weighted by molar-refractivity contribution is -0.210. The van der Waals surface area contributed by atoms with Crippen LogP contribution in [0.1, 0.15) is 57.4 Å². The van der Waals surface area contributed by atoms with E-state index in [0.717, 1.165) is 33.8 Å². The second kappa shape index (κ2) is 10.8. The fourth-order valence-electron chi connectivity index (χ4n) is 6.30. The Morgan fingerprint density at radius 3 is 2.52 bits per heavy atom. The number of hydrogen-bond acceptors (Lipinski definition) is 5. The normalized spacial score (nSPS) is 21.5. The molecule has 1 spiro atoms. The number of carbonyl (C=O) groups is 1. The smallest absolute Gasteiger partial charge is 0.334 e. The molecule has 1 aliphatic heterocycles. The van der Waals surface area contributed by atoms with Gasteiger partial charge in [0.1, 0.15) is 18.0 Å². The minimum absolute atomic E-state index is 0.211. The quantitative estimate of drug-likeness (QED) is 0.209. The zero-order valence-corrected chi connectivity index (χ0v) is 24.3. The Bertz CT molecular complexity index is 1620. The molecule has 0 N–H and O–H groups in total. The van der Waals surface area contributed by atoms with E-state index in [4.69, 9.17) is 18.9 Å². The summed E-state index contributed by atoms with van der Waals surface area (Å²) in [4.78, 5) is 12.2. The topological polar surface area (TPSA) is 58.9 Å². The molecule has 1 fully saturated rings. The number of ether oxygens (including phenoxy) is 4. The lowest BCUT2D eigenvalue weighted by Crippen LogP contribution is -2.54. The summed E-state index contributed by atoms with van der Waals surface area (Å²) in [6.45, 7) is 8.72. The Morgan fingerprint density at radius 2 is 1.81 bits per heavy atom. The monoisotopic (exact) mass is 575 g/mol. The van der Waals surface area contributed by atoms with E-state index in [9.17, 15) is 13.6 Å². The van der Waals surface area contributed by atoms with Gasteiger partial charge in [0, 0.05) is 46.7 Å². The van der Waals surface area contributed by atoms with Gasteiger partial charge in [0.2, 0.25) is 0 Å². The van der Waals surface area contributed by atoms with Crippen LogP contribution in [0.25, 0.3) is 16.6 Å². The van der Waals surface area contributed by atoms with E-state index >= 15 is 0 Å². The fourth-order valence-corrected chi connectivity index (χ4v) is 6.30. The highest BCUT2D eigenvalue weighted by molar-refractivity contribution is 5.94. The van der Waals surface area contributed by atoms with Crippen molar-refractivity contribution in [2.45, 2.75) is 70.4 Å². The number of carbonyl (C=O) groups excluding carboxylic acids is 1. The van der Waals surface area contributed by atoms with E-state index < -0.39 is 34.7 Å². The van der Waals surface area contributed by atoms with E-state index in [1.54, 1.807) is 19.9 Å². The van der Waals surface area contributed by atoms with Crippen LogP contribution < -0.4 is 4.74 Å². The Labute approximate surface area is 244 Å². The van der Waals surface area contributed by atoms with Crippen molar-refractivity contribution < 1.29 is 32.5 Å². The molecule has 0 amide bonds. The first-order valence-electron chi connectivity index (χ1n) is 14.4. The third kappa shape index (κ3) is 4.86. The maximum Gasteiger partial charge on any atom is 0.334 e. The van der Waals surface area contributed by atoms with Crippen LogP contribution in [-0.2, 0) is 36.6 Å². The van der Waals surface area contributed by atoms with E-state index in [1.165, 1.54) is 6.07 Å². The van der Waals surface area contributed by atoms with E-state index in [2.05, 4.69) is 13.8 Å². The molecule has 0 radical (unpaired) electrons. The molecule has 4 aromatic rings. The summed E-state index contributed by atoms with van der Waals surface area (Å²) >= 11 is 0. The van der Waals surface area contributed by atoms with Crippen LogP contribution in [0.5, 0.6) is 5.75 Å². The average molecular weight is 576 g/mol. The van der Waals surface area contributed by atoms with Gasteiger partial charge >= 0.3 is 5.97 Å². The molecule has 2 heterocycles. The van der Waals surface area contributed by atoms with Gasteiger partial charge in [0.25, 0.3) is 0 Å². The summed E-state index contributed by atoms with van der Waals surface area (Å²) < 4.78 is 55.0. The molecule has 0 bridgehead atoms. The van der Waals surface area contributed by atoms with Gasteiger partial charge < -0.3 is 23.5 Å². The Kier molecular flexibility index (Phi) is 7.31. The number of fused-ring (bicyclic) bond motifs is 4. The van der Waals surface area contributed by atoms with Gasteiger partial charge in [-0.15, -0.1) is 0 Å². The standard InChI is InChI=1S/C34H35F2NO5/c1-5-39-32(38)21(2)42-24-17-34(18-24)30-29-27(12-9-13-28(29)40-19-22-10-7-6-8-11-22)37(31(30)33(3,4)20-41-34)23-14-15-25(35)26(36)16-23/h6-16,21,24H,5,17-20H2,1-4H3. The molecule has 6 nitrogen and oxygen atoms in total. The maximum atomic E-state index is 14.6. The van der Waals surface area contributed by atoms with Crippen LogP contribution in [0.15, 0.2) is 66.7 Å². The SMILES string of the molecule is CCOC(=O)C(C)OC1CC2(C1)OCC(C)(C)c1c2c2c(OCc3ccccc3)cccc2n1-c1ccc(F)c(F)c1. The van der Waals surface area contributed by atoms with E-state index in [-0.39, 0.29) is 12.7 Å². The molecular formula is C34H35F2NO5. The molecule has 1 unspecified atom stereocenters. The summed E-state index contributed by atoms with van der Waals surface area (Å²) in [6, 6.07) is 19.7. The Balaban J connectivity index is 1.49. The van der Waals surface area contributed by atoms with E-state index in [1.807, 2.05) is 53.1 Å². The predicted molar refractivity (Wildman–Crippen MR) is 155 cm³/mol. The van der Waals surface area contributed by atoms with E-state index in [0.29, 0.717) is 37.5 Å². The van der Waals surface area contributed by atoms with Crippen molar-refractivity contribution in [2.24, 2.45) is 0 Å². The largest absolute Gasteiger partial charge is 0.488 e. The van der Waals surface area contributed by atoms with Crippen molar-refractivity contribution in [3.8, 4) is 11.4 Å². The summed E-state index contributed by atoms with van der Waals surface area (Å²) in [6.07, 6.45) is 0.158. The molecule has 2 aliphatic rings. The molecule has 3 aromatic carbocycles. The summed E-state index contributed by atoms with van der Waals surface area (Å²) in [5.74, 6) is -1.52. The zero-order valence-electron chi connectivity index (χ0n) is 24.3. The van der Waals surface area contributed by atoms with Crippen molar-refractivity contribution in [3.63, 3.8) is 0 Å². The van der Waals surface area contributed by atoms with Crippen molar-refractivity contribution in [2.75, 3.05) is 13.2 Å². The second-order valence-electron chi connectivity index (χ2n) is 11.8. The van der Waals surface area contributed by atoms with Gasteiger partial charge in [-0.1, -0.05) is 50.2 Å². The van der Waals surface area contributed by atoms with Crippen molar-refractivity contribution in [1.82, 2.24) is 4.57 Å². The molecule has 1 atom stereocenters. The van der Waals surface area contributed by atoms with Gasteiger partial charge in [-0.2, -0.15) is 0 Å². The van der Waals surface area contributed by atoms with Crippen LogP contribution in [0.3, 0.4) is 0 Å². The molecule has 1 saturated carbocycles. The third-order valence-corrected chi connectivity index (χ3v) is 8.29. The Hall–Kier alpha value is -3.75. The average Bonchev–Trinajstić information content (AvgIpc) is 3.32. The highest BCUT2D eigenvalue weighted by Gasteiger charge is 2.56. The summed E-state index contributed by atoms with van der Waals surface area (Å²) in [5.41, 5.74) is 3.13. The van der Waals surface area contributed by atoms with Crippen LogP contribution in [0.4, 0.5) is 8.78 Å². The first kappa shape index (κ1) is 28.4. The number of rotatable bonds is 8. The maximum absolute atomic E-state index is 14.6. The molecule has 0 saturated heterocycles. The van der Waals surface area contributed by atoms with Gasteiger partial charge in [-0.05, 0) is 43.7 Å². The highest BCUT2D eigenvalue weighted by Crippen LogP contribution is 2.58. The first-order valence-corrected chi connectivity index (χ1v) is 14.4. The lowest BCUT2D eigenvalue weighted by atomic mass is 9.66. The van der Waals surface area contributed by atoms with Crippen LogP contribution in [0.2, 0.25) is 0 Å². The minimum Gasteiger partial charge on any atom is -0.488 e. The summed E-state index contributed by atoms with van der Waals surface area (Å²) in [5, 5.41) is 0.873. The number of hydrogen-bond donors (Lipinski definition) is 0. The molecule has 6 rings (SSSR count). The third-order valence-electron chi connectivity index (χ3n) is 8.29. The van der Waals surface area contributed by atoms with Crippen molar-refractivity contribution in [1.29, 1.82) is 0 Å². The van der Waals surface area contributed by atoms with Crippen LogP contribution in [-0.4, -0.2) is 36.0 Å². The number of esters is 1. The number of aromatic nitrogens is 1. The fraction of sp³-hybridized carbons (Fsp3) is 0.382. The first-order chi connectivity index (χ1) is 20.1. The molecule has 8 heteroatoms. The minimum atomic E-state index is -0.913. The summed E-state index contributed by atoms with van der Waals surface area (Å²) in [7, 11) is 0. The molecule has 42 heavy (non-hydrogen) atoms. The van der Waals surface area contributed by atoms with Gasteiger partial charge in [-0.3, -0.25) is 0 Å². The molecular weight excluding hydrogens is 540 g/mol. The number of nitrogens with zero attached hydrogens (tertiary/aromatic N) is 1. The molecule has 1 aromatic heterocycles. The molecule has 220 valence electrons. The zero-order chi connectivity index (χ0) is 29.6. The number of halogens is 2. The highest BCUT2D eigenvalue weighted by atomic mass is 19.2. The Morgan fingerprint density at radius 1 is 1.05 bits per heavy atom.